The number of aryl methyl sites for hydroxylation is 1. The molecule has 3 rings (SSSR count). The minimum absolute atomic E-state index is 0.180. The quantitative estimate of drug-likeness (QED) is 0.732. The first kappa shape index (κ1) is 9.85. The molecule has 1 fully saturated rings. The van der Waals surface area contributed by atoms with Gasteiger partial charge in [0.05, 0.1) is 11.7 Å². The Balaban J connectivity index is 2.03. The fourth-order valence-corrected chi connectivity index (χ4v) is 2.31. The maximum Gasteiger partial charge on any atom is 0.142 e. The van der Waals surface area contributed by atoms with Crippen LogP contribution in [0.4, 0.5) is 0 Å². The molecule has 1 unspecified atom stereocenters. The number of pyridine rings is 1. The molecule has 0 saturated carbocycles. The summed E-state index contributed by atoms with van der Waals surface area (Å²) in [6.45, 7) is 2.97. The fraction of sp³-hybridized carbons (Fsp3) is 0.462. The Hall–Kier alpha value is -1.35. The Morgan fingerprint density at radius 1 is 1.44 bits per heavy atom. The average molecular weight is 216 g/mol. The summed E-state index contributed by atoms with van der Waals surface area (Å²) in [5.41, 5.74) is 2.42. The molecule has 1 aliphatic heterocycles. The first-order valence-corrected chi connectivity index (χ1v) is 5.90. The number of aromatic nitrogens is 2. The van der Waals surface area contributed by atoms with Gasteiger partial charge in [0.15, 0.2) is 0 Å². The van der Waals surface area contributed by atoms with E-state index in [4.69, 9.17) is 4.74 Å². The topological polar surface area (TPSA) is 26.5 Å². The van der Waals surface area contributed by atoms with E-state index in [-0.39, 0.29) is 6.10 Å². The molecule has 0 bridgehead atoms. The van der Waals surface area contributed by atoms with Gasteiger partial charge in [0.2, 0.25) is 0 Å². The van der Waals surface area contributed by atoms with Crippen molar-refractivity contribution in [1.82, 2.24) is 9.38 Å². The molecule has 2 aromatic rings. The lowest BCUT2D eigenvalue weighted by atomic mass is 10.1. The van der Waals surface area contributed by atoms with Crippen molar-refractivity contribution in [1.29, 1.82) is 0 Å². The van der Waals surface area contributed by atoms with E-state index in [1.807, 2.05) is 6.20 Å². The van der Waals surface area contributed by atoms with Crippen LogP contribution in [-0.2, 0) is 4.74 Å². The second-order valence-corrected chi connectivity index (χ2v) is 4.47. The molecule has 0 amide bonds. The van der Waals surface area contributed by atoms with E-state index in [1.165, 1.54) is 18.4 Å². The van der Waals surface area contributed by atoms with Crippen molar-refractivity contribution in [2.24, 2.45) is 0 Å². The zero-order valence-electron chi connectivity index (χ0n) is 9.52. The minimum atomic E-state index is 0.180. The standard InChI is InChI=1S/C13H16N2O/c1-10-5-6-15-11(8-10)9-14-13(15)12-4-2-3-7-16-12/h5-6,8-9,12H,2-4,7H2,1H3. The second kappa shape index (κ2) is 3.91. The van der Waals surface area contributed by atoms with Crippen molar-refractivity contribution in [3.05, 3.63) is 35.9 Å². The molecule has 84 valence electrons. The Bertz CT molecular complexity index is 498. The van der Waals surface area contributed by atoms with Crippen molar-refractivity contribution < 1.29 is 4.74 Å². The van der Waals surface area contributed by atoms with Gasteiger partial charge in [-0.2, -0.15) is 0 Å². The highest BCUT2D eigenvalue weighted by atomic mass is 16.5. The van der Waals surface area contributed by atoms with Gasteiger partial charge in [0, 0.05) is 12.8 Å². The van der Waals surface area contributed by atoms with Crippen LogP contribution in [0.3, 0.4) is 0 Å². The van der Waals surface area contributed by atoms with Crippen molar-refractivity contribution in [2.45, 2.75) is 32.3 Å². The summed E-state index contributed by atoms with van der Waals surface area (Å²) in [4.78, 5) is 4.50. The van der Waals surface area contributed by atoms with Crippen LogP contribution in [0.1, 0.15) is 36.8 Å². The van der Waals surface area contributed by atoms with E-state index in [1.54, 1.807) is 0 Å². The van der Waals surface area contributed by atoms with Crippen molar-refractivity contribution in [3.63, 3.8) is 0 Å². The van der Waals surface area contributed by atoms with E-state index in [0.717, 1.165) is 24.4 Å². The molecule has 1 aliphatic rings. The summed E-state index contributed by atoms with van der Waals surface area (Å²) in [7, 11) is 0. The lowest BCUT2D eigenvalue weighted by Crippen LogP contribution is -2.14. The van der Waals surface area contributed by atoms with Gasteiger partial charge in [-0.25, -0.2) is 4.98 Å². The fourth-order valence-electron chi connectivity index (χ4n) is 2.31. The zero-order chi connectivity index (χ0) is 11.0. The third-order valence-corrected chi connectivity index (χ3v) is 3.18. The van der Waals surface area contributed by atoms with E-state index in [9.17, 15) is 0 Å². The average Bonchev–Trinajstić information content (AvgIpc) is 2.73. The molecule has 16 heavy (non-hydrogen) atoms. The maximum absolute atomic E-state index is 5.78. The van der Waals surface area contributed by atoms with Gasteiger partial charge in [-0.1, -0.05) is 0 Å². The first-order chi connectivity index (χ1) is 7.84. The SMILES string of the molecule is Cc1ccn2c(C3CCCCO3)ncc2c1. The summed E-state index contributed by atoms with van der Waals surface area (Å²) in [6, 6.07) is 4.26. The van der Waals surface area contributed by atoms with Gasteiger partial charge < -0.3 is 9.14 Å². The van der Waals surface area contributed by atoms with E-state index in [0.29, 0.717) is 0 Å². The highest BCUT2D eigenvalue weighted by Gasteiger charge is 2.20. The lowest BCUT2D eigenvalue weighted by molar-refractivity contribution is 0.00915. The van der Waals surface area contributed by atoms with Crippen LogP contribution in [0, 0.1) is 6.92 Å². The first-order valence-electron chi connectivity index (χ1n) is 5.90. The van der Waals surface area contributed by atoms with Gasteiger partial charge in [0.25, 0.3) is 0 Å². The Labute approximate surface area is 95.1 Å². The van der Waals surface area contributed by atoms with Crippen LogP contribution >= 0.6 is 0 Å². The van der Waals surface area contributed by atoms with Gasteiger partial charge in [-0.3, -0.25) is 0 Å². The number of imidazole rings is 1. The van der Waals surface area contributed by atoms with Gasteiger partial charge >= 0.3 is 0 Å². The normalized spacial score (nSPS) is 21.4. The molecule has 2 aromatic heterocycles. The smallest absolute Gasteiger partial charge is 0.142 e. The van der Waals surface area contributed by atoms with Gasteiger partial charge in [0.1, 0.15) is 11.9 Å². The molecule has 0 N–H and O–H groups in total. The van der Waals surface area contributed by atoms with E-state index < -0.39 is 0 Å². The molecule has 0 radical (unpaired) electrons. The molecule has 0 aliphatic carbocycles. The number of nitrogens with zero attached hydrogens (tertiary/aromatic N) is 2. The number of hydrogen-bond donors (Lipinski definition) is 0. The lowest BCUT2D eigenvalue weighted by Gasteiger charge is -2.21. The largest absolute Gasteiger partial charge is 0.370 e. The number of rotatable bonds is 1. The minimum Gasteiger partial charge on any atom is -0.370 e. The predicted molar refractivity (Wildman–Crippen MR) is 62.5 cm³/mol. The number of ether oxygens (including phenoxy) is 1. The second-order valence-electron chi connectivity index (χ2n) is 4.47. The molecule has 3 nitrogen and oxygen atoms in total. The summed E-state index contributed by atoms with van der Waals surface area (Å²) < 4.78 is 7.92. The van der Waals surface area contributed by atoms with Gasteiger partial charge in [-0.05, 0) is 43.9 Å². The maximum atomic E-state index is 5.78. The molecule has 0 spiro atoms. The number of hydrogen-bond acceptors (Lipinski definition) is 2. The van der Waals surface area contributed by atoms with Crippen LogP contribution in [0.15, 0.2) is 24.5 Å². The number of fused-ring (bicyclic) bond motifs is 1. The summed E-state index contributed by atoms with van der Waals surface area (Å²) in [5, 5.41) is 0. The third kappa shape index (κ3) is 1.61. The summed E-state index contributed by atoms with van der Waals surface area (Å²) >= 11 is 0. The Morgan fingerprint density at radius 3 is 3.19 bits per heavy atom. The predicted octanol–water partition coefficient (Wildman–Crippen LogP) is 2.88. The molecule has 0 aromatic carbocycles. The molecular formula is C13H16N2O. The monoisotopic (exact) mass is 216 g/mol. The molecule has 3 heterocycles. The van der Waals surface area contributed by atoms with Crippen LogP contribution in [0.2, 0.25) is 0 Å². The Kier molecular flexibility index (Phi) is 2.40. The van der Waals surface area contributed by atoms with Crippen LogP contribution in [0.25, 0.3) is 5.52 Å². The Morgan fingerprint density at radius 2 is 2.38 bits per heavy atom. The van der Waals surface area contributed by atoms with E-state index >= 15 is 0 Å². The highest BCUT2D eigenvalue weighted by molar-refractivity contribution is 5.48. The summed E-state index contributed by atoms with van der Waals surface area (Å²) in [6.07, 6.45) is 7.71. The van der Waals surface area contributed by atoms with E-state index in [2.05, 4.69) is 34.6 Å². The van der Waals surface area contributed by atoms with Crippen LogP contribution in [0.5, 0.6) is 0 Å². The van der Waals surface area contributed by atoms with Crippen LogP contribution in [-0.4, -0.2) is 16.0 Å². The van der Waals surface area contributed by atoms with Gasteiger partial charge in [-0.15, -0.1) is 0 Å². The zero-order valence-corrected chi connectivity index (χ0v) is 9.52. The molecule has 1 saturated heterocycles. The van der Waals surface area contributed by atoms with Crippen LogP contribution < -0.4 is 0 Å². The molecule has 3 heteroatoms. The third-order valence-electron chi connectivity index (χ3n) is 3.18. The molecular weight excluding hydrogens is 200 g/mol. The molecule has 1 atom stereocenters. The summed E-state index contributed by atoms with van der Waals surface area (Å²) in [5.74, 6) is 1.05. The van der Waals surface area contributed by atoms with Crippen molar-refractivity contribution >= 4 is 5.52 Å². The highest BCUT2D eigenvalue weighted by Crippen LogP contribution is 2.27. The van der Waals surface area contributed by atoms with Crippen molar-refractivity contribution in [2.75, 3.05) is 6.61 Å². The van der Waals surface area contributed by atoms with Crippen molar-refractivity contribution in [3.8, 4) is 0 Å².